The van der Waals surface area contributed by atoms with Crippen molar-refractivity contribution >= 4 is 23.2 Å². The van der Waals surface area contributed by atoms with E-state index in [4.69, 9.17) is 23.2 Å². The standard InChI is InChI=1S/C10H6Cl2N2O/c11-6-1-2-8(12)7(5-6)9-3-4-10(15)14-13-9/h1-5H,(H,14,15). The lowest BCUT2D eigenvalue weighted by Crippen LogP contribution is -2.05. The second-order valence-corrected chi connectivity index (χ2v) is 3.77. The van der Waals surface area contributed by atoms with Crippen LogP contribution in [-0.2, 0) is 0 Å². The number of aromatic amines is 1. The quantitative estimate of drug-likeness (QED) is 0.834. The molecule has 0 bridgehead atoms. The molecule has 0 unspecified atom stereocenters. The molecule has 0 saturated carbocycles. The third-order valence-electron chi connectivity index (χ3n) is 1.88. The summed E-state index contributed by atoms with van der Waals surface area (Å²) in [6.45, 7) is 0. The maximum Gasteiger partial charge on any atom is 0.264 e. The molecule has 0 spiro atoms. The fourth-order valence-corrected chi connectivity index (χ4v) is 1.57. The Morgan fingerprint density at radius 3 is 2.60 bits per heavy atom. The second kappa shape index (κ2) is 4.04. The summed E-state index contributed by atoms with van der Waals surface area (Å²) in [5, 5.41) is 7.32. The summed E-state index contributed by atoms with van der Waals surface area (Å²) < 4.78 is 0. The summed E-state index contributed by atoms with van der Waals surface area (Å²) >= 11 is 11.8. The first kappa shape index (κ1) is 10.2. The van der Waals surface area contributed by atoms with Crippen LogP contribution in [0, 0.1) is 0 Å². The molecule has 76 valence electrons. The van der Waals surface area contributed by atoms with Crippen LogP contribution >= 0.6 is 23.2 Å². The molecule has 0 radical (unpaired) electrons. The number of aromatic nitrogens is 2. The first-order chi connectivity index (χ1) is 7.16. The number of rotatable bonds is 1. The average molecular weight is 241 g/mol. The van der Waals surface area contributed by atoms with Crippen molar-refractivity contribution in [2.75, 3.05) is 0 Å². The molecule has 0 aliphatic heterocycles. The molecule has 15 heavy (non-hydrogen) atoms. The van der Waals surface area contributed by atoms with E-state index in [9.17, 15) is 4.79 Å². The van der Waals surface area contributed by atoms with Gasteiger partial charge in [-0.25, -0.2) is 5.10 Å². The fraction of sp³-hybridized carbons (Fsp3) is 0. The lowest BCUT2D eigenvalue weighted by atomic mass is 10.1. The molecule has 5 heteroatoms. The molecule has 1 heterocycles. The average Bonchev–Trinajstić information content (AvgIpc) is 2.23. The minimum Gasteiger partial charge on any atom is -0.268 e. The second-order valence-electron chi connectivity index (χ2n) is 2.93. The van der Waals surface area contributed by atoms with Crippen molar-refractivity contribution in [3.05, 3.63) is 50.7 Å². The number of nitrogens with zero attached hydrogens (tertiary/aromatic N) is 1. The van der Waals surface area contributed by atoms with E-state index in [1.54, 1.807) is 24.3 Å². The highest BCUT2D eigenvalue weighted by atomic mass is 35.5. The summed E-state index contributed by atoms with van der Waals surface area (Å²) in [5.41, 5.74) is 1.03. The third kappa shape index (κ3) is 2.19. The molecule has 0 saturated heterocycles. The number of hydrogen-bond acceptors (Lipinski definition) is 2. The Morgan fingerprint density at radius 2 is 1.93 bits per heavy atom. The van der Waals surface area contributed by atoms with Gasteiger partial charge >= 0.3 is 0 Å². The van der Waals surface area contributed by atoms with Gasteiger partial charge < -0.3 is 0 Å². The van der Waals surface area contributed by atoms with Crippen LogP contribution in [0.15, 0.2) is 35.1 Å². The van der Waals surface area contributed by atoms with Crippen molar-refractivity contribution in [2.24, 2.45) is 0 Å². The lowest BCUT2D eigenvalue weighted by Gasteiger charge is -2.02. The zero-order valence-corrected chi connectivity index (χ0v) is 9.01. The minimum absolute atomic E-state index is 0.253. The molecule has 2 rings (SSSR count). The molecular formula is C10H6Cl2N2O. The summed E-state index contributed by atoms with van der Waals surface area (Å²) in [6.07, 6.45) is 0. The van der Waals surface area contributed by atoms with Gasteiger partial charge in [-0.2, -0.15) is 5.10 Å². The summed E-state index contributed by atoms with van der Waals surface area (Å²) in [6, 6.07) is 8.06. The van der Waals surface area contributed by atoms with Crippen LogP contribution in [0.2, 0.25) is 10.0 Å². The van der Waals surface area contributed by atoms with Crippen LogP contribution in [0.25, 0.3) is 11.3 Å². The molecule has 1 aromatic heterocycles. The van der Waals surface area contributed by atoms with E-state index < -0.39 is 0 Å². The van der Waals surface area contributed by atoms with Crippen LogP contribution in [-0.4, -0.2) is 10.2 Å². The van der Waals surface area contributed by atoms with E-state index >= 15 is 0 Å². The van der Waals surface area contributed by atoms with E-state index in [-0.39, 0.29) is 5.56 Å². The first-order valence-corrected chi connectivity index (χ1v) is 4.93. The number of H-pyrrole nitrogens is 1. The van der Waals surface area contributed by atoms with Gasteiger partial charge in [0.1, 0.15) is 0 Å². The van der Waals surface area contributed by atoms with Gasteiger partial charge in [-0.05, 0) is 24.3 Å². The third-order valence-corrected chi connectivity index (χ3v) is 2.45. The van der Waals surface area contributed by atoms with Gasteiger partial charge in [0.15, 0.2) is 0 Å². The predicted molar refractivity (Wildman–Crippen MR) is 60.3 cm³/mol. The van der Waals surface area contributed by atoms with E-state index in [0.29, 0.717) is 21.3 Å². The normalized spacial score (nSPS) is 10.3. The van der Waals surface area contributed by atoms with Crippen LogP contribution in [0.4, 0.5) is 0 Å². The van der Waals surface area contributed by atoms with Crippen molar-refractivity contribution < 1.29 is 0 Å². The van der Waals surface area contributed by atoms with Crippen molar-refractivity contribution in [3.8, 4) is 11.3 Å². The van der Waals surface area contributed by atoms with Gasteiger partial charge in [0.2, 0.25) is 0 Å². The van der Waals surface area contributed by atoms with Crippen molar-refractivity contribution in [3.63, 3.8) is 0 Å². The molecule has 1 N–H and O–H groups in total. The minimum atomic E-state index is -0.253. The first-order valence-electron chi connectivity index (χ1n) is 4.18. The van der Waals surface area contributed by atoms with E-state index in [1.807, 2.05) is 0 Å². The fourth-order valence-electron chi connectivity index (χ4n) is 1.19. The topological polar surface area (TPSA) is 45.8 Å². The number of benzene rings is 1. The highest BCUT2D eigenvalue weighted by molar-refractivity contribution is 6.35. The lowest BCUT2D eigenvalue weighted by molar-refractivity contribution is 0.995. The van der Waals surface area contributed by atoms with Gasteiger partial charge in [-0.1, -0.05) is 23.2 Å². The smallest absolute Gasteiger partial charge is 0.264 e. The van der Waals surface area contributed by atoms with Crippen LogP contribution < -0.4 is 5.56 Å². The van der Waals surface area contributed by atoms with Crippen molar-refractivity contribution in [1.82, 2.24) is 10.2 Å². The highest BCUT2D eigenvalue weighted by Crippen LogP contribution is 2.28. The summed E-state index contributed by atoms with van der Waals surface area (Å²) in [7, 11) is 0. The maximum absolute atomic E-state index is 10.8. The Bertz CT molecular complexity index is 531. The van der Waals surface area contributed by atoms with E-state index in [2.05, 4.69) is 10.2 Å². The van der Waals surface area contributed by atoms with Gasteiger partial charge in [0.05, 0.1) is 10.7 Å². The SMILES string of the molecule is O=c1ccc(-c2cc(Cl)ccc2Cl)n[nH]1. The number of nitrogens with one attached hydrogen (secondary N) is 1. The van der Waals surface area contributed by atoms with Gasteiger partial charge in [0, 0.05) is 16.7 Å². The Balaban J connectivity index is 2.58. The van der Waals surface area contributed by atoms with E-state index in [0.717, 1.165) is 0 Å². The van der Waals surface area contributed by atoms with Crippen LogP contribution in [0.1, 0.15) is 0 Å². The summed E-state index contributed by atoms with van der Waals surface area (Å²) in [5.74, 6) is 0. The molecule has 2 aromatic rings. The molecule has 0 aliphatic carbocycles. The van der Waals surface area contributed by atoms with Gasteiger partial charge in [0.25, 0.3) is 5.56 Å². The van der Waals surface area contributed by atoms with Crippen LogP contribution in [0.3, 0.4) is 0 Å². The zero-order valence-electron chi connectivity index (χ0n) is 7.50. The van der Waals surface area contributed by atoms with Gasteiger partial charge in [-0.3, -0.25) is 4.79 Å². The van der Waals surface area contributed by atoms with E-state index in [1.165, 1.54) is 6.07 Å². The molecule has 1 aromatic carbocycles. The van der Waals surface area contributed by atoms with Crippen molar-refractivity contribution in [1.29, 1.82) is 0 Å². The number of hydrogen-bond donors (Lipinski definition) is 1. The largest absolute Gasteiger partial charge is 0.268 e. The van der Waals surface area contributed by atoms with Crippen LogP contribution in [0.5, 0.6) is 0 Å². The molecule has 0 aliphatic rings. The summed E-state index contributed by atoms with van der Waals surface area (Å²) in [4.78, 5) is 10.8. The Kier molecular flexibility index (Phi) is 2.75. The van der Waals surface area contributed by atoms with Gasteiger partial charge in [-0.15, -0.1) is 0 Å². The molecular weight excluding hydrogens is 235 g/mol. The zero-order chi connectivity index (χ0) is 10.8. The molecule has 0 fully saturated rings. The monoisotopic (exact) mass is 240 g/mol. The Labute approximate surface area is 95.7 Å². The molecule has 3 nitrogen and oxygen atoms in total. The predicted octanol–water partition coefficient (Wildman–Crippen LogP) is 2.74. The number of halogens is 2. The highest BCUT2D eigenvalue weighted by Gasteiger charge is 2.05. The Hall–Kier alpha value is -1.32. The Morgan fingerprint density at radius 1 is 1.13 bits per heavy atom. The maximum atomic E-state index is 10.8. The van der Waals surface area contributed by atoms with Crippen molar-refractivity contribution in [2.45, 2.75) is 0 Å². The molecule has 0 atom stereocenters. The molecule has 0 amide bonds.